The maximum Gasteiger partial charge on any atom is 0.315 e. The van der Waals surface area contributed by atoms with E-state index in [1.54, 1.807) is 0 Å². The molecular formula is C14H23N3O. The number of nitrogens with zero attached hydrogens (tertiary/aromatic N) is 1. The lowest BCUT2D eigenvalue weighted by atomic mass is 10.2. The minimum atomic E-state index is -0.111. The van der Waals surface area contributed by atoms with Crippen LogP contribution in [0.25, 0.3) is 0 Å². The van der Waals surface area contributed by atoms with E-state index < -0.39 is 0 Å². The first kappa shape index (κ1) is 14.4. The maximum absolute atomic E-state index is 11.5. The number of carbonyl (C=O) groups is 1. The van der Waals surface area contributed by atoms with Crippen LogP contribution in [0.3, 0.4) is 0 Å². The number of urea groups is 1. The molecule has 0 spiro atoms. The van der Waals surface area contributed by atoms with Crippen LogP contribution in [0.5, 0.6) is 0 Å². The van der Waals surface area contributed by atoms with Gasteiger partial charge in [0.25, 0.3) is 0 Å². The number of rotatable bonds is 5. The second-order valence-corrected chi connectivity index (χ2v) is 5.02. The van der Waals surface area contributed by atoms with Crippen molar-refractivity contribution in [1.82, 2.24) is 10.6 Å². The van der Waals surface area contributed by atoms with E-state index in [1.807, 2.05) is 43.3 Å². The molecule has 2 amide bonds. The molecule has 4 heteroatoms. The predicted molar refractivity (Wildman–Crippen MR) is 75.8 cm³/mol. The summed E-state index contributed by atoms with van der Waals surface area (Å²) in [6.07, 6.45) is 0. The minimum absolute atomic E-state index is 0.111. The third-order valence-electron chi connectivity index (χ3n) is 2.58. The molecule has 1 aromatic carbocycles. The van der Waals surface area contributed by atoms with Gasteiger partial charge in [0, 0.05) is 32.9 Å². The van der Waals surface area contributed by atoms with Crippen molar-refractivity contribution >= 4 is 11.7 Å². The van der Waals surface area contributed by atoms with E-state index in [1.165, 1.54) is 0 Å². The van der Waals surface area contributed by atoms with Gasteiger partial charge in [-0.05, 0) is 23.6 Å². The zero-order chi connectivity index (χ0) is 13.5. The lowest BCUT2D eigenvalue weighted by Crippen LogP contribution is -2.36. The number of anilines is 1. The Kier molecular flexibility index (Phi) is 5.49. The molecule has 0 radical (unpaired) electrons. The Morgan fingerprint density at radius 1 is 1.17 bits per heavy atom. The fourth-order valence-corrected chi connectivity index (χ4v) is 1.45. The van der Waals surface area contributed by atoms with Crippen LogP contribution in [0.2, 0.25) is 0 Å². The highest BCUT2D eigenvalue weighted by Gasteiger charge is 2.01. The third-order valence-corrected chi connectivity index (χ3v) is 2.58. The average molecular weight is 249 g/mol. The standard InChI is InChI=1S/C14H23N3O/c1-11(2)9-15-14(18)16-10-12-5-7-13(8-6-12)17(3)4/h5-8,11H,9-10H2,1-4H3,(H2,15,16,18). The molecule has 0 aromatic heterocycles. The summed E-state index contributed by atoms with van der Waals surface area (Å²) in [6, 6.07) is 8.03. The van der Waals surface area contributed by atoms with Crippen molar-refractivity contribution < 1.29 is 4.79 Å². The first-order valence-corrected chi connectivity index (χ1v) is 6.27. The molecule has 0 aliphatic heterocycles. The summed E-state index contributed by atoms with van der Waals surface area (Å²) in [4.78, 5) is 13.5. The van der Waals surface area contributed by atoms with E-state index in [-0.39, 0.29) is 6.03 Å². The monoisotopic (exact) mass is 249 g/mol. The Balaban J connectivity index is 2.37. The molecular weight excluding hydrogens is 226 g/mol. The summed E-state index contributed by atoms with van der Waals surface area (Å²) in [5, 5.41) is 5.66. The SMILES string of the molecule is CC(C)CNC(=O)NCc1ccc(N(C)C)cc1. The largest absolute Gasteiger partial charge is 0.378 e. The fourth-order valence-electron chi connectivity index (χ4n) is 1.45. The van der Waals surface area contributed by atoms with Gasteiger partial charge in [-0.3, -0.25) is 0 Å². The molecule has 0 aliphatic rings. The highest BCUT2D eigenvalue weighted by atomic mass is 16.2. The number of hydrogen-bond donors (Lipinski definition) is 2. The first-order valence-electron chi connectivity index (χ1n) is 6.27. The van der Waals surface area contributed by atoms with Gasteiger partial charge in [0.2, 0.25) is 0 Å². The van der Waals surface area contributed by atoms with E-state index in [2.05, 4.69) is 24.5 Å². The molecule has 0 aliphatic carbocycles. The summed E-state index contributed by atoms with van der Waals surface area (Å²) in [5.41, 5.74) is 2.25. The minimum Gasteiger partial charge on any atom is -0.378 e. The summed E-state index contributed by atoms with van der Waals surface area (Å²) < 4.78 is 0. The number of nitrogens with one attached hydrogen (secondary N) is 2. The van der Waals surface area contributed by atoms with Gasteiger partial charge in [0.15, 0.2) is 0 Å². The maximum atomic E-state index is 11.5. The Bertz CT molecular complexity index is 371. The molecule has 2 N–H and O–H groups in total. The Hall–Kier alpha value is -1.71. The van der Waals surface area contributed by atoms with Crippen molar-refractivity contribution in [3.63, 3.8) is 0 Å². The van der Waals surface area contributed by atoms with Gasteiger partial charge in [0.1, 0.15) is 0 Å². The molecule has 0 unspecified atom stereocenters. The molecule has 18 heavy (non-hydrogen) atoms. The van der Waals surface area contributed by atoms with Crippen LogP contribution in [0.1, 0.15) is 19.4 Å². The molecule has 0 fully saturated rings. The average Bonchev–Trinajstić information content (AvgIpc) is 2.34. The van der Waals surface area contributed by atoms with Crippen molar-refractivity contribution in [2.45, 2.75) is 20.4 Å². The van der Waals surface area contributed by atoms with Crippen LogP contribution in [0.4, 0.5) is 10.5 Å². The van der Waals surface area contributed by atoms with Gasteiger partial charge < -0.3 is 15.5 Å². The molecule has 1 aromatic rings. The van der Waals surface area contributed by atoms with Crippen molar-refractivity contribution in [3.8, 4) is 0 Å². The molecule has 100 valence electrons. The number of hydrogen-bond acceptors (Lipinski definition) is 2. The van der Waals surface area contributed by atoms with Crippen LogP contribution in [-0.2, 0) is 6.54 Å². The highest BCUT2D eigenvalue weighted by Crippen LogP contribution is 2.11. The normalized spacial score (nSPS) is 10.3. The lowest BCUT2D eigenvalue weighted by molar-refractivity contribution is 0.239. The Morgan fingerprint density at radius 3 is 2.28 bits per heavy atom. The molecule has 0 bridgehead atoms. The van der Waals surface area contributed by atoms with Crippen molar-refractivity contribution in [2.24, 2.45) is 5.92 Å². The van der Waals surface area contributed by atoms with Gasteiger partial charge >= 0.3 is 6.03 Å². The molecule has 0 saturated carbocycles. The zero-order valence-corrected chi connectivity index (χ0v) is 11.7. The van der Waals surface area contributed by atoms with Crippen LogP contribution in [0.15, 0.2) is 24.3 Å². The predicted octanol–water partition coefficient (Wildman–Crippen LogP) is 2.21. The lowest BCUT2D eigenvalue weighted by Gasteiger charge is -2.13. The van der Waals surface area contributed by atoms with Crippen molar-refractivity contribution in [2.75, 3.05) is 25.5 Å². The van der Waals surface area contributed by atoms with Crippen LogP contribution >= 0.6 is 0 Å². The first-order chi connectivity index (χ1) is 8.49. The van der Waals surface area contributed by atoms with E-state index in [0.717, 1.165) is 11.3 Å². The number of benzene rings is 1. The zero-order valence-electron chi connectivity index (χ0n) is 11.7. The van der Waals surface area contributed by atoms with E-state index in [0.29, 0.717) is 19.0 Å². The quantitative estimate of drug-likeness (QED) is 0.840. The van der Waals surface area contributed by atoms with Crippen molar-refractivity contribution in [1.29, 1.82) is 0 Å². The van der Waals surface area contributed by atoms with Gasteiger partial charge in [-0.25, -0.2) is 4.79 Å². The van der Waals surface area contributed by atoms with Gasteiger partial charge in [-0.2, -0.15) is 0 Å². The van der Waals surface area contributed by atoms with Gasteiger partial charge in [0.05, 0.1) is 0 Å². The van der Waals surface area contributed by atoms with E-state index in [9.17, 15) is 4.79 Å². The molecule has 1 rings (SSSR count). The topological polar surface area (TPSA) is 44.4 Å². The van der Waals surface area contributed by atoms with Crippen LogP contribution in [-0.4, -0.2) is 26.7 Å². The summed E-state index contributed by atoms with van der Waals surface area (Å²) in [7, 11) is 4.01. The smallest absolute Gasteiger partial charge is 0.315 e. The third kappa shape index (κ3) is 5.08. The Labute approximate surface area is 109 Å². The number of amides is 2. The van der Waals surface area contributed by atoms with Crippen LogP contribution in [0, 0.1) is 5.92 Å². The highest BCUT2D eigenvalue weighted by molar-refractivity contribution is 5.73. The summed E-state index contributed by atoms with van der Waals surface area (Å²) >= 11 is 0. The molecule has 0 atom stereocenters. The second-order valence-electron chi connectivity index (χ2n) is 5.02. The van der Waals surface area contributed by atoms with Crippen molar-refractivity contribution in [3.05, 3.63) is 29.8 Å². The Morgan fingerprint density at radius 2 is 1.78 bits per heavy atom. The van der Waals surface area contributed by atoms with Gasteiger partial charge in [-0.15, -0.1) is 0 Å². The van der Waals surface area contributed by atoms with E-state index in [4.69, 9.17) is 0 Å². The second kappa shape index (κ2) is 6.89. The fraction of sp³-hybridized carbons (Fsp3) is 0.500. The molecule has 4 nitrogen and oxygen atoms in total. The van der Waals surface area contributed by atoms with Gasteiger partial charge in [-0.1, -0.05) is 26.0 Å². The summed E-state index contributed by atoms with van der Waals surface area (Å²) in [5.74, 6) is 0.468. The summed E-state index contributed by atoms with van der Waals surface area (Å²) in [6.45, 7) is 5.39. The number of carbonyl (C=O) groups excluding carboxylic acids is 1. The van der Waals surface area contributed by atoms with E-state index >= 15 is 0 Å². The van der Waals surface area contributed by atoms with Crippen LogP contribution < -0.4 is 15.5 Å². The molecule has 0 saturated heterocycles. The molecule has 0 heterocycles.